The van der Waals surface area contributed by atoms with Gasteiger partial charge in [0.1, 0.15) is 6.17 Å². The van der Waals surface area contributed by atoms with Gasteiger partial charge in [0.05, 0.1) is 0 Å². The average Bonchev–Trinajstić information content (AvgIpc) is 2.96. The zero-order valence-corrected chi connectivity index (χ0v) is 17.1. The molecule has 0 amide bonds. The summed E-state index contributed by atoms with van der Waals surface area (Å²) in [5.41, 5.74) is 0. The SMILES string of the molecule is CCCCCCCCCCCCCN1C=CN(C(C)C)C1CCC. The molecule has 1 rings (SSSR count). The van der Waals surface area contributed by atoms with E-state index in [0.717, 1.165) is 0 Å². The van der Waals surface area contributed by atoms with Gasteiger partial charge in [-0.3, -0.25) is 0 Å². The maximum atomic E-state index is 2.58. The number of unbranched alkanes of at least 4 members (excludes halogenated alkanes) is 10. The van der Waals surface area contributed by atoms with E-state index in [1.807, 2.05) is 0 Å². The van der Waals surface area contributed by atoms with Gasteiger partial charge in [0, 0.05) is 25.0 Å². The molecule has 2 heteroatoms. The van der Waals surface area contributed by atoms with E-state index in [2.05, 4.69) is 49.9 Å². The molecule has 1 heterocycles. The van der Waals surface area contributed by atoms with E-state index in [1.54, 1.807) is 0 Å². The van der Waals surface area contributed by atoms with E-state index >= 15 is 0 Å². The molecule has 0 aromatic rings. The van der Waals surface area contributed by atoms with E-state index in [9.17, 15) is 0 Å². The molecular weight excluding hydrogens is 292 g/mol. The average molecular weight is 337 g/mol. The summed E-state index contributed by atoms with van der Waals surface area (Å²) in [6.07, 6.45) is 23.5. The maximum absolute atomic E-state index is 2.58. The van der Waals surface area contributed by atoms with Crippen LogP contribution in [-0.2, 0) is 0 Å². The van der Waals surface area contributed by atoms with E-state index in [-0.39, 0.29) is 0 Å². The van der Waals surface area contributed by atoms with Crippen LogP contribution in [0.1, 0.15) is 111 Å². The molecule has 1 atom stereocenters. The minimum atomic E-state index is 0.609. The van der Waals surface area contributed by atoms with Crippen LogP contribution in [0.25, 0.3) is 0 Å². The van der Waals surface area contributed by atoms with Gasteiger partial charge in [0.2, 0.25) is 0 Å². The molecule has 0 aromatic heterocycles. The van der Waals surface area contributed by atoms with Crippen LogP contribution in [0, 0.1) is 0 Å². The van der Waals surface area contributed by atoms with Gasteiger partial charge in [-0.05, 0) is 26.7 Å². The van der Waals surface area contributed by atoms with Crippen LogP contribution >= 0.6 is 0 Å². The third-order valence-corrected chi connectivity index (χ3v) is 5.32. The summed E-state index contributed by atoms with van der Waals surface area (Å²) in [5, 5.41) is 0. The highest BCUT2D eigenvalue weighted by molar-refractivity contribution is 4.98. The van der Waals surface area contributed by atoms with Crippen molar-refractivity contribution in [1.82, 2.24) is 9.80 Å². The maximum Gasteiger partial charge on any atom is 0.101 e. The van der Waals surface area contributed by atoms with Crippen molar-refractivity contribution in [2.45, 2.75) is 123 Å². The Morgan fingerprint density at radius 1 is 0.708 bits per heavy atom. The molecule has 0 saturated heterocycles. The van der Waals surface area contributed by atoms with Gasteiger partial charge in [0.25, 0.3) is 0 Å². The van der Waals surface area contributed by atoms with Crippen LogP contribution < -0.4 is 0 Å². The molecule has 0 bridgehead atoms. The fourth-order valence-corrected chi connectivity index (χ4v) is 3.80. The summed E-state index contributed by atoms with van der Waals surface area (Å²) in [4.78, 5) is 5.11. The van der Waals surface area contributed by atoms with Gasteiger partial charge in [-0.25, -0.2) is 0 Å². The minimum Gasteiger partial charge on any atom is -0.356 e. The molecule has 0 N–H and O–H groups in total. The Morgan fingerprint density at radius 2 is 1.25 bits per heavy atom. The molecule has 0 radical (unpaired) electrons. The molecule has 1 aliphatic heterocycles. The first-order valence-electron chi connectivity index (χ1n) is 10.9. The molecule has 0 aromatic carbocycles. The first-order valence-corrected chi connectivity index (χ1v) is 10.9. The third-order valence-electron chi connectivity index (χ3n) is 5.32. The third kappa shape index (κ3) is 8.44. The predicted octanol–water partition coefficient (Wildman–Crippen LogP) is 6.92. The second-order valence-electron chi connectivity index (χ2n) is 7.88. The molecule has 1 unspecified atom stereocenters. The summed E-state index contributed by atoms with van der Waals surface area (Å²) < 4.78 is 0. The highest BCUT2D eigenvalue weighted by atomic mass is 15.4. The largest absolute Gasteiger partial charge is 0.356 e. The van der Waals surface area contributed by atoms with E-state index in [0.29, 0.717) is 12.2 Å². The molecule has 0 aliphatic carbocycles. The molecule has 2 nitrogen and oxygen atoms in total. The zero-order chi connectivity index (χ0) is 17.6. The van der Waals surface area contributed by atoms with Gasteiger partial charge >= 0.3 is 0 Å². The lowest BCUT2D eigenvalue weighted by atomic mass is 10.1. The van der Waals surface area contributed by atoms with Gasteiger partial charge in [0.15, 0.2) is 0 Å². The lowest BCUT2D eigenvalue weighted by molar-refractivity contribution is 0.116. The van der Waals surface area contributed by atoms with E-state index < -0.39 is 0 Å². The summed E-state index contributed by atoms with van der Waals surface area (Å²) >= 11 is 0. The van der Waals surface area contributed by atoms with Crippen molar-refractivity contribution in [3.8, 4) is 0 Å². The Labute approximate surface area is 152 Å². The van der Waals surface area contributed by atoms with Crippen LogP contribution in [0.5, 0.6) is 0 Å². The predicted molar refractivity (Wildman–Crippen MR) is 108 cm³/mol. The number of nitrogens with zero attached hydrogens (tertiary/aromatic N) is 2. The second-order valence-corrected chi connectivity index (χ2v) is 7.88. The first kappa shape index (κ1) is 21.4. The lowest BCUT2D eigenvalue weighted by Gasteiger charge is -2.35. The van der Waals surface area contributed by atoms with E-state index in [1.165, 1.54) is 90.0 Å². The first-order chi connectivity index (χ1) is 11.7. The van der Waals surface area contributed by atoms with Crippen molar-refractivity contribution < 1.29 is 0 Å². The van der Waals surface area contributed by atoms with Crippen molar-refractivity contribution in [2.24, 2.45) is 0 Å². The lowest BCUT2D eigenvalue weighted by Crippen LogP contribution is -2.42. The van der Waals surface area contributed by atoms with Crippen molar-refractivity contribution in [3.05, 3.63) is 12.4 Å². The fourth-order valence-electron chi connectivity index (χ4n) is 3.80. The Bertz CT molecular complexity index is 311. The van der Waals surface area contributed by atoms with Crippen LogP contribution in [0.15, 0.2) is 12.4 Å². The zero-order valence-electron chi connectivity index (χ0n) is 17.1. The number of hydrogen-bond acceptors (Lipinski definition) is 2. The Morgan fingerprint density at radius 3 is 1.75 bits per heavy atom. The van der Waals surface area contributed by atoms with E-state index in [4.69, 9.17) is 0 Å². The topological polar surface area (TPSA) is 6.48 Å². The quantitative estimate of drug-likeness (QED) is 0.299. The van der Waals surface area contributed by atoms with Crippen molar-refractivity contribution in [3.63, 3.8) is 0 Å². The van der Waals surface area contributed by atoms with Crippen LogP contribution in [0.2, 0.25) is 0 Å². The monoisotopic (exact) mass is 336 g/mol. The van der Waals surface area contributed by atoms with Gasteiger partial charge in [-0.1, -0.05) is 84.5 Å². The molecule has 1 aliphatic rings. The molecule has 0 saturated carbocycles. The molecule has 0 spiro atoms. The number of rotatable bonds is 15. The molecule has 24 heavy (non-hydrogen) atoms. The normalized spacial score (nSPS) is 17.5. The van der Waals surface area contributed by atoms with Gasteiger partial charge in [-0.2, -0.15) is 0 Å². The molecule has 142 valence electrons. The standard InChI is InChI=1S/C22H44N2/c1-5-7-8-9-10-11-12-13-14-15-16-18-23-19-20-24(21(3)4)22(23)17-6-2/h19-22H,5-18H2,1-4H3. The number of hydrogen-bond donors (Lipinski definition) is 0. The Balaban J connectivity index is 2.01. The highest BCUT2D eigenvalue weighted by Gasteiger charge is 2.26. The fraction of sp³-hybridized carbons (Fsp3) is 0.909. The van der Waals surface area contributed by atoms with Crippen molar-refractivity contribution in [1.29, 1.82) is 0 Å². The minimum absolute atomic E-state index is 0.609. The van der Waals surface area contributed by atoms with Crippen LogP contribution in [-0.4, -0.2) is 28.6 Å². The highest BCUT2D eigenvalue weighted by Crippen LogP contribution is 2.23. The summed E-state index contributed by atoms with van der Waals surface area (Å²) in [6.45, 7) is 10.4. The van der Waals surface area contributed by atoms with Crippen LogP contribution in [0.3, 0.4) is 0 Å². The molecular formula is C22H44N2. The van der Waals surface area contributed by atoms with Crippen LogP contribution in [0.4, 0.5) is 0 Å². The van der Waals surface area contributed by atoms with Gasteiger partial charge in [-0.15, -0.1) is 0 Å². The van der Waals surface area contributed by atoms with Gasteiger partial charge < -0.3 is 9.80 Å². The van der Waals surface area contributed by atoms with Crippen molar-refractivity contribution in [2.75, 3.05) is 6.54 Å². The smallest absolute Gasteiger partial charge is 0.101 e. The Kier molecular flexibility index (Phi) is 12.1. The molecule has 0 fully saturated rings. The second kappa shape index (κ2) is 13.6. The summed E-state index contributed by atoms with van der Waals surface area (Å²) in [5.74, 6) is 0. The Hall–Kier alpha value is -0.660. The van der Waals surface area contributed by atoms with Crippen molar-refractivity contribution >= 4 is 0 Å². The summed E-state index contributed by atoms with van der Waals surface area (Å²) in [7, 11) is 0. The summed E-state index contributed by atoms with van der Waals surface area (Å²) in [6, 6.07) is 0.611.